The predicted octanol–water partition coefficient (Wildman–Crippen LogP) is 5.07. The molecule has 4 rings (SSSR count). The molecule has 1 N–H and O–H groups in total. The quantitative estimate of drug-likeness (QED) is 0.447. The van der Waals surface area contributed by atoms with E-state index in [1.54, 1.807) is 0 Å². The topological polar surface area (TPSA) is 57.8 Å². The van der Waals surface area contributed by atoms with Crippen LogP contribution >= 0.6 is 15.9 Å². The van der Waals surface area contributed by atoms with E-state index in [1.807, 2.05) is 60.7 Å². The van der Waals surface area contributed by atoms with Crippen molar-refractivity contribution in [3.8, 4) is 11.3 Å². The minimum Gasteiger partial charge on any atom is -0.455 e. The lowest BCUT2D eigenvalue weighted by molar-refractivity contribution is 0.0955. The fourth-order valence-electron chi connectivity index (χ4n) is 3.24. The van der Waals surface area contributed by atoms with Crippen LogP contribution in [0, 0.1) is 0 Å². The molecule has 1 amide bonds. The van der Waals surface area contributed by atoms with E-state index in [-0.39, 0.29) is 5.91 Å². The maximum absolute atomic E-state index is 12.3. The number of hydrogen-bond donors (Lipinski definition) is 1. The molecule has 1 aliphatic heterocycles. The summed E-state index contributed by atoms with van der Waals surface area (Å²) in [4.78, 5) is 14.6. The number of anilines is 1. The summed E-state index contributed by atoms with van der Waals surface area (Å²) in [5, 5.41) is 4.00. The number of nitrogens with one attached hydrogen (secondary N) is 1. The van der Waals surface area contributed by atoms with Crippen LogP contribution in [0.1, 0.15) is 29.0 Å². The standard InChI is InChI=1S/C22H20BrN3O2/c23-18-5-3-4-17(14-18)21-11-10-20(28-21)15-24-25-22(27)16-6-8-19(9-7-16)26-12-1-2-13-26/h3-11,14-15H,1-2,12-13H2,(H,25,27)/b24-15-. The van der Waals surface area contributed by atoms with Gasteiger partial charge in [-0.3, -0.25) is 4.79 Å². The maximum Gasteiger partial charge on any atom is 0.271 e. The first-order valence-electron chi connectivity index (χ1n) is 9.23. The van der Waals surface area contributed by atoms with E-state index < -0.39 is 0 Å². The Labute approximate surface area is 172 Å². The summed E-state index contributed by atoms with van der Waals surface area (Å²) in [6, 6.07) is 19.2. The van der Waals surface area contributed by atoms with Gasteiger partial charge >= 0.3 is 0 Å². The second-order valence-electron chi connectivity index (χ2n) is 6.65. The molecule has 28 heavy (non-hydrogen) atoms. The molecule has 0 bridgehead atoms. The van der Waals surface area contributed by atoms with Crippen molar-refractivity contribution in [1.82, 2.24) is 5.43 Å². The Bertz CT molecular complexity index is 989. The highest BCUT2D eigenvalue weighted by Gasteiger charge is 2.13. The van der Waals surface area contributed by atoms with Crippen LogP contribution in [0.15, 0.2) is 74.7 Å². The van der Waals surface area contributed by atoms with Crippen molar-refractivity contribution in [2.45, 2.75) is 12.8 Å². The molecule has 2 heterocycles. The number of carbonyl (C=O) groups is 1. The van der Waals surface area contributed by atoms with Crippen LogP contribution in [0.4, 0.5) is 5.69 Å². The molecular weight excluding hydrogens is 418 g/mol. The number of hydrogen-bond acceptors (Lipinski definition) is 4. The first-order valence-corrected chi connectivity index (χ1v) is 10.0. The van der Waals surface area contributed by atoms with E-state index in [2.05, 4.69) is 31.4 Å². The minimum atomic E-state index is -0.247. The highest BCUT2D eigenvalue weighted by molar-refractivity contribution is 9.10. The van der Waals surface area contributed by atoms with Crippen LogP contribution in [0.3, 0.4) is 0 Å². The monoisotopic (exact) mass is 437 g/mol. The number of nitrogens with zero attached hydrogens (tertiary/aromatic N) is 2. The van der Waals surface area contributed by atoms with Gasteiger partial charge in [-0.15, -0.1) is 0 Å². The number of benzene rings is 2. The average Bonchev–Trinajstić information content (AvgIpc) is 3.40. The summed E-state index contributed by atoms with van der Waals surface area (Å²) in [5.41, 5.74) is 5.25. The van der Waals surface area contributed by atoms with Crippen LogP contribution < -0.4 is 10.3 Å². The Morgan fingerprint density at radius 2 is 1.86 bits per heavy atom. The summed E-state index contributed by atoms with van der Waals surface area (Å²) in [7, 11) is 0. The predicted molar refractivity (Wildman–Crippen MR) is 115 cm³/mol. The zero-order valence-corrected chi connectivity index (χ0v) is 16.9. The average molecular weight is 438 g/mol. The first-order chi connectivity index (χ1) is 13.7. The number of rotatable bonds is 5. The van der Waals surface area contributed by atoms with Crippen LogP contribution in [-0.2, 0) is 0 Å². The van der Waals surface area contributed by atoms with Gasteiger partial charge in [-0.2, -0.15) is 5.10 Å². The summed E-state index contributed by atoms with van der Waals surface area (Å²) < 4.78 is 6.74. The van der Waals surface area contributed by atoms with Crippen molar-refractivity contribution in [2.24, 2.45) is 5.10 Å². The maximum atomic E-state index is 12.3. The van der Waals surface area contributed by atoms with Gasteiger partial charge in [0.25, 0.3) is 5.91 Å². The molecule has 0 radical (unpaired) electrons. The lowest BCUT2D eigenvalue weighted by Crippen LogP contribution is -2.19. The Hall–Kier alpha value is -2.86. The molecule has 6 heteroatoms. The first kappa shape index (κ1) is 18.5. The van der Waals surface area contributed by atoms with E-state index in [4.69, 9.17) is 4.42 Å². The second-order valence-corrected chi connectivity index (χ2v) is 7.57. The van der Waals surface area contributed by atoms with Gasteiger partial charge in [-0.1, -0.05) is 28.1 Å². The zero-order valence-electron chi connectivity index (χ0n) is 15.3. The van der Waals surface area contributed by atoms with Crippen LogP contribution in [0.5, 0.6) is 0 Å². The van der Waals surface area contributed by atoms with E-state index in [0.717, 1.165) is 34.6 Å². The summed E-state index contributed by atoms with van der Waals surface area (Å²) in [6.45, 7) is 2.17. The van der Waals surface area contributed by atoms with Gasteiger partial charge < -0.3 is 9.32 Å². The molecule has 5 nitrogen and oxygen atoms in total. The number of amides is 1. The normalized spacial score (nSPS) is 14.0. The number of carbonyl (C=O) groups excluding carboxylic acids is 1. The van der Waals surface area contributed by atoms with Gasteiger partial charge in [0.15, 0.2) is 0 Å². The van der Waals surface area contributed by atoms with Gasteiger partial charge in [0.05, 0.1) is 6.21 Å². The molecule has 0 atom stereocenters. The van der Waals surface area contributed by atoms with Crippen LogP contribution in [0.25, 0.3) is 11.3 Å². The fraction of sp³-hybridized carbons (Fsp3) is 0.182. The molecule has 1 fully saturated rings. The molecule has 142 valence electrons. The van der Waals surface area contributed by atoms with Gasteiger partial charge in [0.1, 0.15) is 11.5 Å². The number of hydrazone groups is 1. The van der Waals surface area contributed by atoms with Gasteiger partial charge in [0.2, 0.25) is 0 Å². The third-order valence-corrected chi connectivity index (χ3v) is 5.19. The zero-order chi connectivity index (χ0) is 19.3. The third kappa shape index (κ3) is 4.34. The highest BCUT2D eigenvalue weighted by atomic mass is 79.9. The lowest BCUT2D eigenvalue weighted by Gasteiger charge is -2.17. The molecule has 2 aromatic carbocycles. The molecular formula is C22H20BrN3O2. The Morgan fingerprint density at radius 1 is 1.07 bits per heavy atom. The van der Waals surface area contributed by atoms with Crippen molar-refractivity contribution in [3.05, 3.63) is 76.5 Å². The largest absolute Gasteiger partial charge is 0.455 e. The molecule has 1 aromatic heterocycles. The summed E-state index contributed by atoms with van der Waals surface area (Å²) >= 11 is 3.45. The van der Waals surface area contributed by atoms with Crippen molar-refractivity contribution in [1.29, 1.82) is 0 Å². The van der Waals surface area contributed by atoms with E-state index in [0.29, 0.717) is 11.3 Å². The highest BCUT2D eigenvalue weighted by Crippen LogP contribution is 2.24. The lowest BCUT2D eigenvalue weighted by atomic mass is 10.2. The van der Waals surface area contributed by atoms with Gasteiger partial charge in [-0.05, 0) is 61.4 Å². The summed E-state index contributed by atoms with van der Waals surface area (Å²) in [5.74, 6) is 1.06. The number of furan rings is 1. The SMILES string of the molecule is O=C(N/N=C\c1ccc(-c2cccc(Br)c2)o1)c1ccc(N2CCCC2)cc1. The van der Waals surface area contributed by atoms with Crippen LogP contribution in [0.2, 0.25) is 0 Å². The van der Waals surface area contributed by atoms with Crippen molar-refractivity contribution in [2.75, 3.05) is 18.0 Å². The summed E-state index contributed by atoms with van der Waals surface area (Å²) in [6.07, 6.45) is 3.96. The fourth-order valence-corrected chi connectivity index (χ4v) is 3.64. The Morgan fingerprint density at radius 3 is 2.61 bits per heavy atom. The van der Waals surface area contributed by atoms with E-state index in [9.17, 15) is 4.79 Å². The number of halogens is 1. The van der Waals surface area contributed by atoms with Crippen molar-refractivity contribution in [3.63, 3.8) is 0 Å². The van der Waals surface area contributed by atoms with E-state index >= 15 is 0 Å². The Kier molecular flexibility index (Phi) is 5.58. The van der Waals surface area contributed by atoms with Crippen molar-refractivity contribution < 1.29 is 9.21 Å². The molecule has 0 aliphatic carbocycles. The van der Waals surface area contributed by atoms with Gasteiger partial charge in [-0.25, -0.2) is 5.43 Å². The van der Waals surface area contributed by atoms with Crippen LogP contribution in [-0.4, -0.2) is 25.2 Å². The Balaban J connectivity index is 1.36. The smallest absolute Gasteiger partial charge is 0.271 e. The van der Waals surface area contributed by atoms with E-state index in [1.165, 1.54) is 19.1 Å². The minimum absolute atomic E-state index is 0.247. The molecule has 0 saturated carbocycles. The third-order valence-electron chi connectivity index (χ3n) is 4.69. The molecule has 0 spiro atoms. The molecule has 0 unspecified atom stereocenters. The van der Waals surface area contributed by atoms with Gasteiger partial charge in [0, 0.05) is 34.4 Å². The van der Waals surface area contributed by atoms with Crippen molar-refractivity contribution >= 4 is 33.7 Å². The second kappa shape index (κ2) is 8.44. The molecule has 3 aromatic rings. The molecule has 1 aliphatic rings. The molecule has 1 saturated heterocycles.